The van der Waals surface area contributed by atoms with E-state index < -0.39 is 0 Å². The quantitative estimate of drug-likeness (QED) is 0.822. The molecule has 19 heavy (non-hydrogen) atoms. The summed E-state index contributed by atoms with van der Waals surface area (Å²) in [5.41, 5.74) is 0. The van der Waals surface area contributed by atoms with E-state index in [0.717, 1.165) is 12.8 Å². The first-order valence-corrected chi connectivity index (χ1v) is 6.82. The van der Waals surface area contributed by atoms with Crippen LogP contribution in [-0.4, -0.2) is 54.0 Å². The maximum absolute atomic E-state index is 12.1. The number of nitrogens with zero attached hydrogens (tertiary/aromatic N) is 3. The van der Waals surface area contributed by atoms with E-state index in [-0.39, 0.29) is 24.4 Å². The summed E-state index contributed by atoms with van der Waals surface area (Å²) in [6.07, 6.45) is 1.41. The summed E-state index contributed by atoms with van der Waals surface area (Å²) >= 11 is 0. The molecule has 0 aliphatic carbocycles. The zero-order valence-electron chi connectivity index (χ0n) is 11.7. The third kappa shape index (κ3) is 4.43. The smallest absolute Gasteiger partial charge is 0.319 e. The molecule has 6 heteroatoms. The minimum Gasteiger partial charge on any atom is -0.352 e. The van der Waals surface area contributed by atoms with Crippen molar-refractivity contribution in [2.75, 3.05) is 26.2 Å². The lowest BCUT2D eigenvalue weighted by atomic mass is 10.1. The molecule has 0 aromatic carbocycles. The highest BCUT2D eigenvalue weighted by molar-refractivity contribution is 5.78. The van der Waals surface area contributed by atoms with Crippen molar-refractivity contribution in [3.63, 3.8) is 0 Å². The van der Waals surface area contributed by atoms with E-state index in [0.29, 0.717) is 26.2 Å². The highest BCUT2D eigenvalue weighted by Gasteiger charge is 2.25. The van der Waals surface area contributed by atoms with Crippen LogP contribution in [0.15, 0.2) is 0 Å². The fraction of sp³-hybridized carbons (Fsp3) is 0.769. The number of urea groups is 1. The molecule has 1 aliphatic heterocycles. The summed E-state index contributed by atoms with van der Waals surface area (Å²) in [6.45, 7) is 6.69. The first-order valence-electron chi connectivity index (χ1n) is 6.82. The van der Waals surface area contributed by atoms with Crippen molar-refractivity contribution < 1.29 is 9.59 Å². The summed E-state index contributed by atoms with van der Waals surface area (Å²) in [7, 11) is 0. The van der Waals surface area contributed by atoms with Gasteiger partial charge in [0.1, 0.15) is 6.42 Å². The van der Waals surface area contributed by atoms with Crippen LogP contribution >= 0.6 is 0 Å². The average molecular weight is 266 g/mol. The lowest BCUT2D eigenvalue weighted by Crippen LogP contribution is -2.50. The Hall–Kier alpha value is -1.77. The molecule has 0 saturated carbocycles. The number of hydrogen-bond acceptors (Lipinski definition) is 3. The zero-order chi connectivity index (χ0) is 14.3. The fourth-order valence-corrected chi connectivity index (χ4v) is 2.26. The summed E-state index contributed by atoms with van der Waals surface area (Å²) in [5, 5.41) is 11.3. The molecule has 0 spiro atoms. The van der Waals surface area contributed by atoms with Gasteiger partial charge in [0.15, 0.2) is 0 Å². The van der Waals surface area contributed by atoms with Crippen LogP contribution in [0, 0.1) is 11.3 Å². The van der Waals surface area contributed by atoms with Gasteiger partial charge in [-0.05, 0) is 26.7 Å². The summed E-state index contributed by atoms with van der Waals surface area (Å²) in [6, 6.07) is 1.99. The van der Waals surface area contributed by atoms with Gasteiger partial charge in [0, 0.05) is 32.2 Å². The van der Waals surface area contributed by atoms with Gasteiger partial charge in [0.2, 0.25) is 5.91 Å². The third-order valence-electron chi connectivity index (χ3n) is 3.40. The van der Waals surface area contributed by atoms with E-state index in [4.69, 9.17) is 5.26 Å². The van der Waals surface area contributed by atoms with E-state index in [1.807, 2.05) is 24.8 Å². The van der Waals surface area contributed by atoms with Gasteiger partial charge in [-0.3, -0.25) is 4.79 Å². The number of hydrogen-bond donors (Lipinski definition) is 1. The molecule has 0 radical (unpaired) electrons. The van der Waals surface area contributed by atoms with Crippen LogP contribution in [-0.2, 0) is 4.79 Å². The van der Waals surface area contributed by atoms with Crippen LogP contribution in [0.4, 0.5) is 4.79 Å². The lowest BCUT2D eigenvalue weighted by molar-refractivity contribution is -0.121. The van der Waals surface area contributed by atoms with Crippen molar-refractivity contribution in [2.24, 2.45) is 0 Å². The first-order chi connectivity index (χ1) is 9.12. The summed E-state index contributed by atoms with van der Waals surface area (Å²) in [4.78, 5) is 27.1. The van der Waals surface area contributed by atoms with Crippen molar-refractivity contribution in [3.05, 3.63) is 0 Å². The van der Waals surface area contributed by atoms with Gasteiger partial charge in [-0.1, -0.05) is 0 Å². The third-order valence-corrected chi connectivity index (χ3v) is 3.40. The van der Waals surface area contributed by atoms with Gasteiger partial charge in [-0.2, -0.15) is 5.26 Å². The molecule has 0 bridgehead atoms. The maximum Gasteiger partial charge on any atom is 0.319 e. The van der Waals surface area contributed by atoms with Gasteiger partial charge in [0.25, 0.3) is 0 Å². The molecule has 1 aliphatic rings. The Morgan fingerprint density at radius 1 is 1.32 bits per heavy atom. The van der Waals surface area contributed by atoms with E-state index in [1.54, 1.807) is 4.90 Å². The second-order valence-electron chi connectivity index (χ2n) is 4.62. The molecule has 0 aromatic heterocycles. The number of nitrogens with one attached hydrogen (secondary N) is 1. The van der Waals surface area contributed by atoms with Gasteiger partial charge in [-0.15, -0.1) is 0 Å². The van der Waals surface area contributed by atoms with Crippen molar-refractivity contribution in [2.45, 2.75) is 39.2 Å². The van der Waals surface area contributed by atoms with Crippen LogP contribution in [0.1, 0.15) is 33.1 Å². The predicted molar refractivity (Wildman–Crippen MR) is 71.3 cm³/mol. The highest BCUT2D eigenvalue weighted by Crippen LogP contribution is 2.12. The van der Waals surface area contributed by atoms with Crippen LogP contribution in [0.25, 0.3) is 0 Å². The average Bonchev–Trinajstić information content (AvgIpc) is 2.41. The lowest BCUT2D eigenvalue weighted by Gasteiger charge is -2.35. The number of carbonyl (C=O) groups excluding carboxylic acids is 2. The molecule has 1 N–H and O–H groups in total. The summed E-state index contributed by atoms with van der Waals surface area (Å²) < 4.78 is 0. The molecule has 0 atom stereocenters. The van der Waals surface area contributed by atoms with Gasteiger partial charge in [0.05, 0.1) is 6.07 Å². The molecule has 0 unspecified atom stereocenters. The minimum absolute atomic E-state index is 0.0757. The number of amides is 3. The van der Waals surface area contributed by atoms with E-state index in [2.05, 4.69) is 5.32 Å². The Kier molecular flexibility index (Phi) is 6.13. The molecule has 106 valence electrons. The monoisotopic (exact) mass is 266 g/mol. The van der Waals surface area contributed by atoms with Gasteiger partial charge in [-0.25, -0.2) is 4.79 Å². The van der Waals surface area contributed by atoms with E-state index in [1.165, 1.54) is 0 Å². The molecule has 1 rings (SSSR count). The van der Waals surface area contributed by atoms with Crippen LogP contribution in [0.5, 0.6) is 0 Å². The molecule has 1 fully saturated rings. The second kappa shape index (κ2) is 7.62. The Morgan fingerprint density at radius 2 is 1.89 bits per heavy atom. The molecular weight excluding hydrogens is 244 g/mol. The molecule has 1 saturated heterocycles. The Morgan fingerprint density at radius 3 is 2.37 bits per heavy atom. The second-order valence-corrected chi connectivity index (χ2v) is 4.62. The number of likely N-dealkylation sites (tertiary alicyclic amines) is 1. The maximum atomic E-state index is 12.1. The standard InChI is InChI=1S/C13H22N4O2/c1-3-16(4-2)13(19)17-9-6-11(7-10-17)15-12(18)5-8-14/h11H,3-7,9-10H2,1-2H3,(H,15,18). The molecule has 0 aromatic rings. The zero-order valence-corrected chi connectivity index (χ0v) is 11.7. The van der Waals surface area contributed by atoms with Crippen LogP contribution in [0.2, 0.25) is 0 Å². The Balaban J connectivity index is 2.38. The first kappa shape index (κ1) is 15.3. The number of rotatable bonds is 4. The van der Waals surface area contributed by atoms with E-state index >= 15 is 0 Å². The molecular formula is C13H22N4O2. The normalized spacial score (nSPS) is 15.7. The van der Waals surface area contributed by atoms with Crippen molar-refractivity contribution in [1.82, 2.24) is 15.1 Å². The van der Waals surface area contributed by atoms with Gasteiger partial charge >= 0.3 is 6.03 Å². The largest absolute Gasteiger partial charge is 0.352 e. The molecule has 6 nitrogen and oxygen atoms in total. The van der Waals surface area contributed by atoms with Gasteiger partial charge < -0.3 is 15.1 Å². The minimum atomic E-state index is -0.226. The van der Waals surface area contributed by atoms with Crippen molar-refractivity contribution >= 4 is 11.9 Å². The predicted octanol–water partition coefficient (Wildman–Crippen LogP) is 0.942. The Labute approximate surface area is 114 Å². The molecule has 3 amide bonds. The molecule has 1 heterocycles. The van der Waals surface area contributed by atoms with Crippen LogP contribution in [0.3, 0.4) is 0 Å². The fourth-order valence-electron chi connectivity index (χ4n) is 2.26. The van der Waals surface area contributed by atoms with Crippen molar-refractivity contribution in [1.29, 1.82) is 5.26 Å². The van der Waals surface area contributed by atoms with Crippen molar-refractivity contribution in [3.8, 4) is 6.07 Å². The van der Waals surface area contributed by atoms with E-state index in [9.17, 15) is 9.59 Å². The SMILES string of the molecule is CCN(CC)C(=O)N1CCC(NC(=O)CC#N)CC1. The number of nitriles is 1. The topological polar surface area (TPSA) is 76.4 Å². The summed E-state index contributed by atoms with van der Waals surface area (Å²) in [5.74, 6) is -0.226. The van der Waals surface area contributed by atoms with Crippen LogP contribution < -0.4 is 5.32 Å². The number of piperidine rings is 1. The Bertz CT molecular complexity index is 352. The highest BCUT2D eigenvalue weighted by atomic mass is 16.2. The number of carbonyl (C=O) groups is 2.